The van der Waals surface area contributed by atoms with Crippen molar-refractivity contribution in [2.24, 2.45) is 0 Å². The summed E-state index contributed by atoms with van der Waals surface area (Å²) >= 11 is 0. The largest absolute Gasteiger partial charge is 0.394 e. The third kappa shape index (κ3) is 1.36. The van der Waals surface area contributed by atoms with E-state index in [1.807, 2.05) is 12.1 Å². The van der Waals surface area contributed by atoms with Crippen LogP contribution in [0.15, 0.2) is 24.3 Å². The molecule has 0 saturated carbocycles. The second-order valence-corrected chi connectivity index (χ2v) is 3.09. The number of aliphatic hydroxyl groups excluding tert-OH is 1. The van der Waals surface area contributed by atoms with Gasteiger partial charge in [-0.2, -0.15) is 0 Å². The molecule has 1 aliphatic heterocycles. The first-order valence-corrected chi connectivity index (χ1v) is 4.19. The van der Waals surface area contributed by atoms with Gasteiger partial charge in [-0.05, 0) is 11.1 Å². The Balaban J connectivity index is 2.23. The molecule has 0 aliphatic carbocycles. The highest BCUT2D eigenvalue weighted by Crippen LogP contribution is 2.19. The van der Waals surface area contributed by atoms with Crippen LogP contribution >= 0.6 is 0 Å². The van der Waals surface area contributed by atoms with Crippen LogP contribution in [0.2, 0.25) is 0 Å². The topological polar surface area (TPSA) is 29.5 Å². The summed E-state index contributed by atoms with van der Waals surface area (Å²) in [6.45, 7) is 0.760. The second kappa shape index (κ2) is 3.25. The molecule has 1 aromatic carbocycles. The Bertz CT molecular complexity index is 270. The molecule has 1 N–H and O–H groups in total. The number of fused-ring (bicyclic) bond motifs is 1. The van der Waals surface area contributed by atoms with Gasteiger partial charge >= 0.3 is 0 Å². The van der Waals surface area contributed by atoms with Crippen molar-refractivity contribution >= 4 is 0 Å². The van der Waals surface area contributed by atoms with Gasteiger partial charge in [0.05, 0.1) is 19.3 Å². The second-order valence-electron chi connectivity index (χ2n) is 3.09. The molecule has 0 saturated heterocycles. The number of aliphatic hydroxyl groups is 1. The molecule has 0 bridgehead atoms. The van der Waals surface area contributed by atoms with Crippen molar-refractivity contribution in [1.29, 1.82) is 0 Å². The molecule has 12 heavy (non-hydrogen) atoms. The molecule has 0 aromatic heterocycles. The van der Waals surface area contributed by atoms with Crippen molar-refractivity contribution < 1.29 is 9.84 Å². The predicted molar refractivity (Wildman–Crippen MR) is 45.8 cm³/mol. The average Bonchev–Trinajstić information content (AvgIpc) is 2.17. The van der Waals surface area contributed by atoms with Gasteiger partial charge in [0.15, 0.2) is 0 Å². The molecule has 0 amide bonds. The van der Waals surface area contributed by atoms with Crippen LogP contribution in [0.5, 0.6) is 0 Å². The van der Waals surface area contributed by atoms with Crippen LogP contribution in [0.1, 0.15) is 11.1 Å². The lowest BCUT2D eigenvalue weighted by molar-refractivity contribution is -0.00701. The Kier molecular flexibility index (Phi) is 2.11. The van der Waals surface area contributed by atoms with Crippen molar-refractivity contribution in [1.82, 2.24) is 0 Å². The zero-order valence-electron chi connectivity index (χ0n) is 6.86. The van der Waals surface area contributed by atoms with Crippen molar-refractivity contribution in [3.8, 4) is 0 Å². The standard InChI is InChI=1S/C10H12O2/c11-6-10-5-8-3-1-2-4-9(8)7-12-10/h1-4,10-11H,5-7H2. The molecule has 0 spiro atoms. The Hall–Kier alpha value is -0.860. The van der Waals surface area contributed by atoms with Gasteiger partial charge in [-0.15, -0.1) is 0 Å². The van der Waals surface area contributed by atoms with Crippen LogP contribution in [-0.2, 0) is 17.8 Å². The summed E-state index contributed by atoms with van der Waals surface area (Å²) in [6, 6.07) is 8.21. The Morgan fingerprint density at radius 1 is 1.33 bits per heavy atom. The third-order valence-corrected chi connectivity index (χ3v) is 2.24. The number of ether oxygens (including phenoxy) is 1. The average molecular weight is 164 g/mol. The van der Waals surface area contributed by atoms with Crippen LogP contribution in [0, 0.1) is 0 Å². The van der Waals surface area contributed by atoms with Crippen LogP contribution in [-0.4, -0.2) is 17.8 Å². The fourth-order valence-electron chi connectivity index (χ4n) is 1.53. The van der Waals surface area contributed by atoms with Gasteiger partial charge < -0.3 is 9.84 Å². The van der Waals surface area contributed by atoms with Gasteiger partial charge in [-0.25, -0.2) is 0 Å². The summed E-state index contributed by atoms with van der Waals surface area (Å²) in [5, 5.41) is 8.89. The van der Waals surface area contributed by atoms with Gasteiger partial charge in [0.1, 0.15) is 0 Å². The molecule has 1 aliphatic rings. The Morgan fingerprint density at radius 2 is 2.08 bits per heavy atom. The molecular weight excluding hydrogens is 152 g/mol. The maximum Gasteiger partial charge on any atom is 0.0850 e. The van der Waals surface area contributed by atoms with E-state index in [2.05, 4.69) is 12.1 Å². The molecule has 2 rings (SSSR count). The molecule has 0 radical (unpaired) electrons. The monoisotopic (exact) mass is 164 g/mol. The predicted octanol–water partition coefficient (Wildman–Crippen LogP) is 1.12. The van der Waals surface area contributed by atoms with E-state index in [-0.39, 0.29) is 12.7 Å². The van der Waals surface area contributed by atoms with Crippen molar-refractivity contribution in [2.75, 3.05) is 6.61 Å². The van der Waals surface area contributed by atoms with E-state index in [0.29, 0.717) is 6.61 Å². The van der Waals surface area contributed by atoms with Gasteiger partial charge in [0.25, 0.3) is 0 Å². The zero-order valence-corrected chi connectivity index (χ0v) is 6.86. The number of hydrogen-bond donors (Lipinski definition) is 1. The summed E-state index contributed by atoms with van der Waals surface area (Å²) in [6.07, 6.45) is 0.840. The minimum Gasteiger partial charge on any atom is -0.394 e. The maximum atomic E-state index is 8.89. The van der Waals surface area contributed by atoms with E-state index in [1.54, 1.807) is 0 Å². The van der Waals surface area contributed by atoms with Crippen LogP contribution in [0.3, 0.4) is 0 Å². The molecule has 0 fully saturated rings. The van der Waals surface area contributed by atoms with Crippen LogP contribution < -0.4 is 0 Å². The van der Waals surface area contributed by atoms with Crippen molar-refractivity contribution in [3.63, 3.8) is 0 Å². The maximum absolute atomic E-state index is 8.89. The van der Waals surface area contributed by atoms with Crippen LogP contribution in [0.4, 0.5) is 0 Å². The molecule has 2 nitrogen and oxygen atoms in total. The van der Waals surface area contributed by atoms with Crippen LogP contribution in [0.25, 0.3) is 0 Å². The van der Waals surface area contributed by atoms with E-state index in [4.69, 9.17) is 9.84 Å². The summed E-state index contributed by atoms with van der Waals surface area (Å²) in [4.78, 5) is 0. The molecule has 1 unspecified atom stereocenters. The summed E-state index contributed by atoms with van der Waals surface area (Å²) in [5.41, 5.74) is 2.56. The molecule has 64 valence electrons. The van der Waals surface area contributed by atoms with Crippen molar-refractivity contribution in [2.45, 2.75) is 19.1 Å². The first-order chi connectivity index (χ1) is 5.90. The number of hydrogen-bond acceptors (Lipinski definition) is 2. The Morgan fingerprint density at radius 3 is 2.83 bits per heavy atom. The molecule has 2 heteroatoms. The fourth-order valence-corrected chi connectivity index (χ4v) is 1.53. The fraction of sp³-hybridized carbons (Fsp3) is 0.400. The van der Waals surface area contributed by atoms with Gasteiger partial charge in [-0.1, -0.05) is 24.3 Å². The Labute approximate surface area is 71.8 Å². The summed E-state index contributed by atoms with van der Waals surface area (Å²) < 4.78 is 5.40. The highest BCUT2D eigenvalue weighted by Gasteiger charge is 2.16. The van der Waals surface area contributed by atoms with Crippen molar-refractivity contribution in [3.05, 3.63) is 35.4 Å². The lowest BCUT2D eigenvalue weighted by Crippen LogP contribution is -2.25. The van der Waals surface area contributed by atoms with E-state index < -0.39 is 0 Å². The van der Waals surface area contributed by atoms with Gasteiger partial charge in [0.2, 0.25) is 0 Å². The lowest BCUT2D eigenvalue weighted by atomic mass is 10.00. The highest BCUT2D eigenvalue weighted by molar-refractivity contribution is 5.28. The first kappa shape index (κ1) is 7.77. The highest BCUT2D eigenvalue weighted by atomic mass is 16.5. The summed E-state index contributed by atoms with van der Waals surface area (Å²) in [5.74, 6) is 0. The molecule has 1 heterocycles. The lowest BCUT2D eigenvalue weighted by Gasteiger charge is -2.23. The van der Waals surface area contributed by atoms with Gasteiger partial charge in [0, 0.05) is 6.42 Å². The quantitative estimate of drug-likeness (QED) is 0.674. The third-order valence-electron chi connectivity index (χ3n) is 2.24. The first-order valence-electron chi connectivity index (χ1n) is 4.19. The van der Waals surface area contributed by atoms with E-state index in [9.17, 15) is 0 Å². The SMILES string of the molecule is OCC1Cc2ccccc2CO1. The molecular formula is C10H12O2. The smallest absolute Gasteiger partial charge is 0.0850 e. The van der Waals surface area contributed by atoms with Gasteiger partial charge in [-0.3, -0.25) is 0 Å². The normalized spacial score (nSPS) is 21.9. The van der Waals surface area contributed by atoms with E-state index in [1.165, 1.54) is 11.1 Å². The number of rotatable bonds is 1. The summed E-state index contributed by atoms with van der Waals surface area (Å²) in [7, 11) is 0. The van der Waals surface area contributed by atoms with E-state index in [0.717, 1.165) is 6.42 Å². The molecule has 1 atom stereocenters. The molecule has 1 aromatic rings. The minimum atomic E-state index is -0.0000926. The minimum absolute atomic E-state index is 0.0000926. The number of benzene rings is 1. The van der Waals surface area contributed by atoms with E-state index >= 15 is 0 Å². The zero-order chi connectivity index (χ0) is 8.39.